The molecule has 1 aliphatic heterocycles. The molecule has 14 heavy (non-hydrogen) atoms. The lowest BCUT2D eigenvalue weighted by atomic mass is 10.1. The van der Waals surface area contributed by atoms with E-state index in [1.165, 1.54) is 6.92 Å². The first-order valence-electron chi connectivity index (χ1n) is 5.03. The Kier molecular flexibility index (Phi) is 3.63. The van der Waals surface area contributed by atoms with Gasteiger partial charge in [-0.25, -0.2) is 0 Å². The SMILES string of the molecule is CC(=O)C(C)NC(=O)C1CCCN1C. The fourth-order valence-corrected chi connectivity index (χ4v) is 1.65. The molecule has 80 valence electrons. The van der Waals surface area contributed by atoms with Crippen LogP contribution in [0.25, 0.3) is 0 Å². The van der Waals surface area contributed by atoms with Crippen molar-refractivity contribution in [2.24, 2.45) is 0 Å². The number of carbonyl (C=O) groups is 2. The summed E-state index contributed by atoms with van der Waals surface area (Å²) in [5, 5.41) is 2.72. The Balaban J connectivity index is 2.45. The van der Waals surface area contributed by atoms with Gasteiger partial charge in [-0.3, -0.25) is 14.5 Å². The fraction of sp³-hybridized carbons (Fsp3) is 0.800. The van der Waals surface area contributed by atoms with Gasteiger partial charge in [-0.2, -0.15) is 0 Å². The molecule has 0 aliphatic carbocycles. The largest absolute Gasteiger partial charge is 0.345 e. The molecule has 2 unspecified atom stereocenters. The van der Waals surface area contributed by atoms with Crippen molar-refractivity contribution < 1.29 is 9.59 Å². The van der Waals surface area contributed by atoms with Crippen LogP contribution in [0, 0.1) is 0 Å². The van der Waals surface area contributed by atoms with Crippen molar-refractivity contribution >= 4 is 11.7 Å². The molecule has 1 fully saturated rings. The third-order valence-corrected chi connectivity index (χ3v) is 2.79. The van der Waals surface area contributed by atoms with Gasteiger partial charge in [0.05, 0.1) is 12.1 Å². The quantitative estimate of drug-likeness (QED) is 0.703. The predicted molar refractivity (Wildman–Crippen MR) is 53.9 cm³/mol. The predicted octanol–water partition coefficient (Wildman–Crippen LogP) is 0.174. The van der Waals surface area contributed by atoms with Crippen molar-refractivity contribution in [3.63, 3.8) is 0 Å². The second-order valence-electron chi connectivity index (χ2n) is 3.98. The first-order chi connectivity index (χ1) is 6.52. The van der Waals surface area contributed by atoms with E-state index >= 15 is 0 Å². The van der Waals surface area contributed by atoms with Gasteiger partial charge in [0.1, 0.15) is 0 Å². The van der Waals surface area contributed by atoms with E-state index < -0.39 is 0 Å². The van der Waals surface area contributed by atoms with Crippen LogP contribution in [-0.4, -0.2) is 42.3 Å². The van der Waals surface area contributed by atoms with Gasteiger partial charge in [0.2, 0.25) is 5.91 Å². The molecule has 0 bridgehead atoms. The molecule has 0 radical (unpaired) electrons. The fourth-order valence-electron chi connectivity index (χ4n) is 1.65. The topological polar surface area (TPSA) is 49.4 Å². The summed E-state index contributed by atoms with van der Waals surface area (Å²) in [6, 6.07) is -0.409. The first kappa shape index (κ1) is 11.2. The lowest BCUT2D eigenvalue weighted by molar-refractivity contribution is -0.129. The van der Waals surface area contributed by atoms with Crippen molar-refractivity contribution in [3.05, 3.63) is 0 Å². The lowest BCUT2D eigenvalue weighted by Crippen LogP contribution is -2.46. The average Bonchev–Trinajstić information content (AvgIpc) is 2.51. The highest BCUT2D eigenvalue weighted by Gasteiger charge is 2.28. The van der Waals surface area contributed by atoms with Crippen LogP contribution in [0.4, 0.5) is 0 Å². The van der Waals surface area contributed by atoms with Gasteiger partial charge in [0, 0.05) is 0 Å². The van der Waals surface area contributed by atoms with Gasteiger partial charge in [0.15, 0.2) is 5.78 Å². The minimum atomic E-state index is -0.364. The Hall–Kier alpha value is -0.900. The third-order valence-electron chi connectivity index (χ3n) is 2.79. The van der Waals surface area contributed by atoms with Crippen LogP contribution in [-0.2, 0) is 9.59 Å². The zero-order valence-electron chi connectivity index (χ0n) is 9.04. The van der Waals surface area contributed by atoms with Gasteiger partial charge >= 0.3 is 0 Å². The van der Waals surface area contributed by atoms with E-state index in [4.69, 9.17) is 0 Å². The number of rotatable bonds is 3. The summed E-state index contributed by atoms with van der Waals surface area (Å²) in [7, 11) is 1.94. The van der Waals surface area contributed by atoms with Crippen molar-refractivity contribution in [2.45, 2.75) is 38.8 Å². The molecule has 0 aromatic carbocycles. The lowest BCUT2D eigenvalue weighted by Gasteiger charge is -2.20. The maximum Gasteiger partial charge on any atom is 0.237 e. The second-order valence-corrected chi connectivity index (χ2v) is 3.98. The van der Waals surface area contributed by atoms with Crippen LogP contribution < -0.4 is 5.32 Å². The molecule has 0 spiro atoms. The van der Waals surface area contributed by atoms with E-state index in [-0.39, 0.29) is 23.8 Å². The normalized spacial score (nSPS) is 24.6. The molecule has 2 atom stereocenters. The number of Topliss-reactive ketones (excluding diaryl/α,β-unsaturated/α-hetero) is 1. The van der Waals surface area contributed by atoms with Gasteiger partial charge in [0.25, 0.3) is 0 Å². The van der Waals surface area contributed by atoms with E-state index in [1.807, 2.05) is 11.9 Å². The van der Waals surface area contributed by atoms with Gasteiger partial charge < -0.3 is 5.32 Å². The first-order valence-corrected chi connectivity index (χ1v) is 5.03. The van der Waals surface area contributed by atoms with Crippen LogP contribution in [0.1, 0.15) is 26.7 Å². The Morgan fingerprint density at radius 3 is 2.57 bits per heavy atom. The maximum absolute atomic E-state index is 11.7. The monoisotopic (exact) mass is 198 g/mol. The molecule has 4 heteroatoms. The second kappa shape index (κ2) is 4.55. The highest BCUT2D eigenvalue weighted by atomic mass is 16.2. The van der Waals surface area contributed by atoms with Crippen LogP contribution >= 0.6 is 0 Å². The third kappa shape index (κ3) is 2.54. The Morgan fingerprint density at radius 1 is 1.50 bits per heavy atom. The van der Waals surface area contributed by atoms with Crippen molar-refractivity contribution in [2.75, 3.05) is 13.6 Å². The summed E-state index contributed by atoms with van der Waals surface area (Å²) in [6.45, 7) is 4.17. The van der Waals surface area contributed by atoms with E-state index in [0.717, 1.165) is 19.4 Å². The molecule has 4 nitrogen and oxygen atoms in total. The number of hydrogen-bond donors (Lipinski definition) is 1. The summed E-state index contributed by atoms with van der Waals surface area (Å²) in [6.07, 6.45) is 1.95. The molecule has 0 aromatic rings. The molecule has 1 rings (SSSR count). The summed E-state index contributed by atoms with van der Waals surface area (Å²) < 4.78 is 0. The van der Waals surface area contributed by atoms with Gasteiger partial charge in [-0.15, -0.1) is 0 Å². The number of carbonyl (C=O) groups excluding carboxylic acids is 2. The highest BCUT2D eigenvalue weighted by Crippen LogP contribution is 2.14. The van der Waals surface area contributed by atoms with Crippen molar-refractivity contribution in [1.29, 1.82) is 0 Å². The average molecular weight is 198 g/mol. The summed E-state index contributed by atoms with van der Waals surface area (Å²) >= 11 is 0. The van der Waals surface area contributed by atoms with E-state index in [9.17, 15) is 9.59 Å². The molecule has 0 aromatic heterocycles. The van der Waals surface area contributed by atoms with Crippen molar-refractivity contribution in [1.82, 2.24) is 10.2 Å². The van der Waals surface area contributed by atoms with Gasteiger partial charge in [-0.1, -0.05) is 0 Å². The van der Waals surface area contributed by atoms with Crippen LogP contribution in [0.3, 0.4) is 0 Å². The molecular weight excluding hydrogens is 180 g/mol. The number of likely N-dealkylation sites (N-methyl/N-ethyl adjacent to an activating group) is 1. The van der Waals surface area contributed by atoms with Crippen LogP contribution in [0.5, 0.6) is 0 Å². The molecule has 1 aliphatic rings. The summed E-state index contributed by atoms with van der Waals surface area (Å²) in [4.78, 5) is 24.6. The Morgan fingerprint density at radius 2 is 2.14 bits per heavy atom. The van der Waals surface area contributed by atoms with E-state index in [2.05, 4.69) is 5.32 Å². The number of ketones is 1. The standard InChI is InChI=1S/C10H18N2O2/c1-7(8(2)13)11-10(14)9-5-4-6-12(9)3/h7,9H,4-6H2,1-3H3,(H,11,14). The molecule has 0 saturated carbocycles. The Labute approximate surface area is 84.7 Å². The number of nitrogens with zero attached hydrogens (tertiary/aromatic N) is 1. The van der Waals surface area contributed by atoms with E-state index in [1.54, 1.807) is 6.92 Å². The Bertz CT molecular complexity index is 240. The number of amides is 1. The van der Waals surface area contributed by atoms with Crippen LogP contribution in [0.2, 0.25) is 0 Å². The highest BCUT2D eigenvalue weighted by molar-refractivity contribution is 5.89. The number of nitrogens with one attached hydrogen (secondary N) is 1. The maximum atomic E-state index is 11.7. The van der Waals surface area contributed by atoms with Gasteiger partial charge in [-0.05, 0) is 40.3 Å². The molecular formula is C10H18N2O2. The summed E-state index contributed by atoms with van der Waals surface area (Å²) in [5.74, 6) is -0.0216. The summed E-state index contributed by atoms with van der Waals surface area (Å²) in [5.41, 5.74) is 0. The number of likely N-dealkylation sites (tertiary alicyclic amines) is 1. The van der Waals surface area contributed by atoms with Crippen molar-refractivity contribution in [3.8, 4) is 0 Å². The van der Waals surface area contributed by atoms with Crippen LogP contribution in [0.15, 0.2) is 0 Å². The zero-order chi connectivity index (χ0) is 10.7. The minimum absolute atomic E-state index is 0.000926. The smallest absolute Gasteiger partial charge is 0.237 e. The number of hydrogen-bond acceptors (Lipinski definition) is 3. The zero-order valence-corrected chi connectivity index (χ0v) is 9.04. The molecule has 1 heterocycles. The van der Waals surface area contributed by atoms with E-state index in [0.29, 0.717) is 0 Å². The minimum Gasteiger partial charge on any atom is -0.345 e. The molecule has 1 N–H and O–H groups in total. The molecule has 1 amide bonds. The molecule has 1 saturated heterocycles.